The molecule has 0 bridgehead atoms. The number of likely N-dealkylation sites (N-methyl/N-ethyl adjacent to an activating group) is 1. The molecule has 9 nitrogen and oxygen atoms in total. The summed E-state index contributed by atoms with van der Waals surface area (Å²) in [6.07, 6.45) is 1.03. The maximum Gasteiger partial charge on any atom is 0.422 e. The molecule has 10 heteroatoms. The molecule has 0 spiro atoms. The Balaban J connectivity index is 1.68. The van der Waals surface area contributed by atoms with E-state index in [-0.39, 0.29) is 23.8 Å². The molecule has 2 N–H and O–H groups in total. The van der Waals surface area contributed by atoms with Crippen LogP contribution in [-0.4, -0.2) is 77.4 Å². The van der Waals surface area contributed by atoms with Crippen molar-refractivity contribution < 1.29 is 23.9 Å². The molecular formula is C28H37BrN4O5. The van der Waals surface area contributed by atoms with E-state index in [2.05, 4.69) is 26.9 Å². The zero-order chi connectivity index (χ0) is 27.9. The predicted molar refractivity (Wildman–Crippen MR) is 149 cm³/mol. The SMILES string of the molecule is CCN(CC)C(=O)[C@@H]1C=C2c3cccc4c3c(c(Br)n4C(=O)OC(C)OC(=O)[C@@H](N)C(C)C)C[C@H]2N(C)C1. The van der Waals surface area contributed by atoms with E-state index in [0.29, 0.717) is 36.2 Å². The smallest absolute Gasteiger partial charge is 0.422 e. The topological polar surface area (TPSA) is 107 Å². The number of rotatable bonds is 7. The zero-order valence-electron chi connectivity index (χ0n) is 22.9. The first-order valence-corrected chi connectivity index (χ1v) is 14.0. The standard InChI is InChI=1S/C28H37BrN4O5/c1-7-32(8-2)26(34)17-12-19-18-10-9-11-21-23(18)20(13-22(19)31(6)14-17)25(29)33(21)28(36)38-16(5)37-27(35)24(30)15(3)4/h9-12,15-17,22,24H,7-8,13-14,30H2,1-6H3/t16?,17-,22-,24+/m1/s1. The number of hydrogen-bond donors (Lipinski definition) is 1. The lowest BCUT2D eigenvalue weighted by atomic mass is 9.79. The van der Waals surface area contributed by atoms with Crippen molar-refractivity contribution in [1.82, 2.24) is 14.4 Å². The Hall–Kier alpha value is -2.69. The van der Waals surface area contributed by atoms with Crippen LogP contribution in [0.15, 0.2) is 28.9 Å². The minimum Gasteiger partial charge on any atom is -0.424 e. The van der Waals surface area contributed by atoms with Crippen LogP contribution in [0.25, 0.3) is 16.5 Å². The van der Waals surface area contributed by atoms with Crippen LogP contribution < -0.4 is 5.73 Å². The fourth-order valence-electron chi connectivity index (χ4n) is 5.43. The van der Waals surface area contributed by atoms with Crippen LogP contribution in [0.5, 0.6) is 0 Å². The van der Waals surface area contributed by atoms with Crippen LogP contribution in [0.4, 0.5) is 4.79 Å². The lowest BCUT2D eigenvalue weighted by Crippen LogP contribution is -2.47. The lowest BCUT2D eigenvalue weighted by molar-refractivity contribution is -0.167. The Morgan fingerprint density at radius 2 is 1.84 bits per heavy atom. The highest BCUT2D eigenvalue weighted by atomic mass is 79.9. The summed E-state index contributed by atoms with van der Waals surface area (Å²) in [6, 6.07) is 5.09. The van der Waals surface area contributed by atoms with Gasteiger partial charge in [-0.1, -0.05) is 32.1 Å². The third-order valence-corrected chi connectivity index (χ3v) is 8.44. The van der Waals surface area contributed by atoms with E-state index in [9.17, 15) is 14.4 Å². The largest absolute Gasteiger partial charge is 0.424 e. The molecule has 1 amide bonds. The highest BCUT2D eigenvalue weighted by Crippen LogP contribution is 2.45. The Kier molecular flexibility index (Phi) is 8.34. The summed E-state index contributed by atoms with van der Waals surface area (Å²) in [7, 11) is 2.04. The number of nitrogens with two attached hydrogens (primary N) is 1. The number of fused-ring (bicyclic) bond motifs is 2. The molecule has 0 fully saturated rings. The number of halogens is 1. The Labute approximate surface area is 232 Å². The van der Waals surface area contributed by atoms with Crippen molar-refractivity contribution in [2.75, 3.05) is 26.7 Å². The van der Waals surface area contributed by atoms with Gasteiger partial charge in [-0.05, 0) is 71.9 Å². The Morgan fingerprint density at radius 1 is 1.16 bits per heavy atom. The van der Waals surface area contributed by atoms with E-state index in [4.69, 9.17) is 15.2 Å². The number of hydrogen-bond acceptors (Lipinski definition) is 7. The van der Waals surface area contributed by atoms with Gasteiger partial charge < -0.3 is 20.1 Å². The molecule has 0 radical (unpaired) electrons. The first-order valence-electron chi connectivity index (χ1n) is 13.2. The molecule has 1 aromatic heterocycles. The van der Waals surface area contributed by atoms with Gasteiger partial charge in [0.2, 0.25) is 12.2 Å². The molecule has 38 heavy (non-hydrogen) atoms. The van der Waals surface area contributed by atoms with Gasteiger partial charge in [0.25, 0.3) is 0 Å². The van der Waals surface area contributed by atoms with Gasteiger partial charge in [0.15, 0.2) is 0 Å². The first kappa shape index (κ1) is 28.3. The minimum absolute atomic E-state index is 0.0782. The molecular weight excluding hydrogens is 552 g/mol. The quantitative estimate of drug-likeness (QED) is 0.385. The van der Waals surface area contributed by atoms with Crippen molar-refractivity contribution in [3.05, 3.63) is 40.0 Å². The number of carbonyl (C=O) groups is 3. The van der Waals surface area contributed by atoms with Crippen molar-refractivity contribution >= 4 is 50.4 Å². The van der Waals surface area contributed by atoms with Crippen molar-refractivity contribution in [1.29, 1.82) is 0 Å². The molecule has 2 aromatic rings. The fourth-order valence-corrected chi connectivity index (χ4v) is 6.12. The summed E-state index contributed by atoms with van der Waals surface area (Å²) in [4.78, 5) is 42.9. The minimum atomic E-state index is -1.11. The van der Waals surface area contributed by atoms with Gasteiger partial charge in [-0.25, -0.2) is 9.36 Å². The molecule has 206 valence electrons. The van der Waals surface area contributed by atoms with E-state index in [1.54, 1.807) is 0 Å². The van der Waals surface area contributed by atoms with Crippen molar-refractivity contribution in [2.45, 2.75) is 59.4 Å². The molecule has 1 aliphatic heterocycles. The number of ether oxygens (including phenoxy) is 2. The highest BCUT2D eigenvalue weighted by molar-refractivity contribution is 9.10. The average molecular weight is 590 g/mol. The number of esters is 1. The highest BCUT2D eigenvalue weighted by Gasteiger charge is 2.39. The number of aromatic nitrogens is 1. The van der Waals surface area contributed by atoms with E-state index in [1.165, 1.54) is 11.5 Å². The van der Waals surface area contributed by atoms with Gasteiger partial charge >= 0.3 is 12.1 Å². The lowest BCUT2D eigenvalue weighted by Gasteiger charge is -2.40. The summed E-state index contributed by atoms with van der Waals surface area (Å²) in [5.41, 5.74) is 9.66. The monoisotopic (exact) mass is 588 g/mol. The molecule has 1 unspecified atom stereocenters. The molecule has 2 aliphatic rings. The van der Waals surface area contributed by atoms with E-state index in [1.807, 2.05) is 57.8 Å². The van der Waals surface area contributed by atoms with E-state index >= 15 is 0 Å². The van der Waals surface area contributed by atoms with Gasteiger partial charge in [0.05, 0.1) is 16.0 Å². The van der Waals surface area contributed by atoms with Gasteiger partial charge in [-0.15, -0.1) is 0 Å². The number of carbonyl (C=O) groups excluding carboxylic acids is 3. The van der Waals surface area contributed by atoms with Crippen LogP contribution >= 0.6 is 15.9 Å². The van der Waals surface area contributed by atoms with Gasteiger partial charge in [0.1, 0.15) is 6.04 Å². The van der Waals surface area contributed by atoms with Gasteiger partial charge in [-0.2, -0.15) is 0 Å². The Morgan fingerprint density at radius 3 is 2.47 bits per heavy atom. The second kappa shape index (κ2) is 11.2. The van der Waals surface area contributed by atoms with Crippen LogP contribution in [0, 0.1) is 11.8 Å². The number of amides is 1. The third kappa shape index (κ3) is 5.01. The van der Waals surface area contributed by atoms with Crippen molar-refractivity contribution in [3.63, 3.8) is 0 Å². The van der Waals surface area contributed by atoms with Crippen LogP contribution in [0.2, 0.25) is 0 Å². The summed E-state index contributed by atoms with van der Waals surface area (Å²) in [5.74, 6) is -0.820. The molecule has 1 aromatic carbocycles. The van der Waals surface area contributed by atoms with E-state index < -0.39 is 24.4 Å². The van der Waals surface area contributed by atoms with Gasteiger partial charge in [0, 0.05) is 38.0 Å². The maximum absolute atomic E-state index is 13.3. The molecule has 4 rings (SSSR count). The van der Waals surface area contributed by atoms with Crippen LogP contribution in [-0.2, 0) is 25.5 Å². The third-order valence-electron chi connectivity index (χ3n) is 7.61. The normalized spacial score (nSPS) is 20.5. The predicted octanol–water partition coefficient (Wildman–Crippen LogP) is 4.00. The molecule has 0 saturated carbocycles. The Bertz CT molecular complexity index is 1280. The molecule has 2 heterocycles. The van der Waals surface area contributed by atoms with Gasteiger partial charge in [-0.3, -0.25) is 14.5 Å². The molecule has 4 atom stereocenters. The molecule has 1 aliphatic carbocycles. The number of nitrogens with zero attached hydrogens (tertiary/aromatic N) is 3. The summed E-state index contributed by atoms with van der Waals surface area (Å²) in [6.45, 7) is 11.1. The maximum atomic E-state index is 13.3. The van der Waals surface area contributed by atoms with Crippen LogP contribution in [0.1, 0.15) is 45.7 Å². The first-order chi connectivity index (χ1) is 18.0. The number of benzene rings is 1. The summed E-state index contributed by atoms with van der Waals surface area (Å²) >= 11 is 3.65. The van der Waals surface area contributed by atoms with Crippen LogP contribution in [0.3, 0.4) is 0 Å². The van der Waals surface area contributed by atoms with E-state index in [0.717, 1.165) is 22.1 Å². The second-order valence-corrected chi connectivity index (χ2v) is 11.1. The fraction of sp³-hybridized carbons (Fsp3) is 0.536. The second-order valence-electron chi connectivity index (χ2n) is 10.4. The average Bonchev–Trinajstić information content (AvgIpc) is 3.16. The molecule has 0 saturated heterocycles. The summed E-state index contributed by atoms with van der Waals surface area (Å²) in [5, 5.41) is 0.953. The zero-order valence-corrected chi connectivity index (χ0v) is 24.4. The summed E-state index contributed by atoms with van der Waals surface area (Å²) < 4.78 is 12.8. The van der Waals surface area contributed by atoms with Crippen molar-refractivity contribution in [3.8, 4) is 0 Å². The van der Waals surface area contributed by atoms with Crippen molar-refractivity contribution in [2.24, 2.45) is 17.6 Å².